The minimum atomic E-state index is -0.728. The normalized spacial score (nSPS) is 26.8. The minimum Gasteiger partial charge on any atom is -0.378 e. The number of hydrogen-bond acceptors (Lipinski definition) is 2. The molecule has 0 unspecified atom stereocenters. The highest BCUT2D eigenvalue weighted by Gasteiger charge is 2.25. The second kappa shape index (κ2) is 13.6. The Morgan fingerprint density at radius 1 is 1.03 bits per heavy atom. The average molecular weight is 438 g/mol. The third-order valence-corrected chi connectivity index (χ3v) is 7.42. The molecule has 0 saturated heterocycles. The monoisotopic (exact) mass is 437 g/mol. The van der Waals surface area contributed by atoms with Crippen LogP contribution in [0.15, 0.2) is 48.3 Å². The van der Waals surface area contributed by atoms with Gasteiger partial charge >= 0.3 is 0 Å². The summed E-state index contributed by atoms with van der Waals surface area (Å²) in [6.45, 7) is 3.18. The van der Waals surface area contributed by atoms with Crippen LogP contribution in [0.1, 0.15) is 94.6 Å². The van der Waals surface area contributed by atoms with Crippen LogP contribution in [-0.2, 0) is 11.2 Å². The summed E-state index contributed by atoms with van der Waals surface area (Å²) in [6.07, 6.45) is 19.8. The summed E-state index contributed by atoms with van der Waals surface area (Å²) in [5.74, 6) is 1.49. The maximum atomic E-state index is 12.7. The van der Waals surface area contributed by atoms with Gasteiger partial charge in [0.1, 0.15) is 6.07 Å². The first-order valence-electron chi connectivity index (χ1n) is 12.8. The van der Waals surface area contributed by atoms with E-state index in [0.29, 0.717) is 6.10 Å². The fourth-order valence-corrected chi connectivity index (χ4v) is 5.38. The lowest BCUT2D eigenvalue weighted by atomic mass is 9.78. The maximum Gasteiger partial charge on any atom is 0.199 e. The minimum absolute atomic E-state index is 0.443. The first kappa shape index (κ1) is 24.7. The van der Waals surface area contributed by atoms with Crippen molar-refractivity contribution < 1.29 is 9.13 Å². The van der Waals surface area contributed by atoms with Gasteiger partial charge in [-0.25, -0.2) is 0 Å². The third kappa shape index (κ3) is 8.21. The van der Waals surface area contributed by atoms with Crippen LogP contribution < -0.4 is 0 Å². The van der Waals surface area contributed by atoms with Gasteiger partial charge in [0, 0.05) is 6.61 Å². The predicted octanol–water partition coefficient (Wildman–Crippen LogP) is 8.20. The van der Waals surface area contributed by atoms with Gasteiger partial charge in [0.15, 0.2) is 5.83 Å². The van der Waals surface area contributed by atoms with Crippen LogP contribution in [0.4, 0.5) is 4.39 Å². The smallest absolute Gasteiger partial charge is 0.199 e. The molecular weight excluding hydrogens is 397 g/mol. The fraction of sp³-hybridized carbons (Fsp3) is 0.621. The summed E-state index contributed by atoms with van der Waals surface area (Å²) in [6, 6.07) is 10.9. The third-order valence-electron chi connectivity index (χ3n) is 7.42. The van der Waals surface area contributed by atoms with Gasteiger partial charge in [-0.15, -0.1) is 0 Å². The molecule has 174 valence electrons. The summed E-state index contributed by atoms with van der Waals surface area (Å²) < 4.78 is 19.1. The summed E-state index contributed by atoms with van der Waals surface area (Å²) >= 11 is 0. The van der Waals surface area contributed by atoms with E-state index < -0.39 is 5.83 Å². The van der Waals surface area contributed by atoms with Crippen molar-refractivity contribution >= 4 is 0 Å². The van der Waals surface area contributed by atoms with Gasteiger partial charge in [0.05, 0.1) is 6.10 Å². The number of hydrogen-bond donors (Lipinski definition) is 0. The zero-order valence-electron chi connectivity index (χ0n) is 19.8. The number of rotatable bonds is 10. The van der Waals surface area contributed by atoms with E-state index in [1.807, 2.05) is 6.08 Å². The SMILES string of the molecule is CCCc1ccc(C2CCC(COC3CCC(CCC=CC=C(F)C#N)CC3)CC2)cc1. The summed E-state index contributed by atoms with van der Waals surface area (Å²) in [5.41, 5.74) is 3.00. The number of allylic oxidation sites excluding steroid dienone is 4. The van der Waals surface area contributed by atoms with Gasteiger partial charge in [-0.1, -0.05) is 49.8 Å². The van der Waals surface area contributed by atoms with E-state index in [0.717, 1.165) is 37.2 Å². The molecule has 1 aromatic rings. The molecule has 0 heterocycles. The molecule has 0 N–H and O–H groups in total. The lowest BCUT2D eigenvalue weighted by Gasteiger charge is -2.32. The highest BCUT2D eigenvalue weighted by atomic mass is 19.1. The molecule has 2 aliphatic rings. The van der Waals surface area contributed by atoms with Crippen molar-refractivity contribution in [2.75, 3.05) is 6.61 Å². The Balaban J connectivity index is 1.28. The van der Waals surface area contributed by atoms with E-state index in [2.05, 4.69) is 31.2 Å². The highest BCUT2D eigenvalue weighted by molar-refractivity contribution is 5.26. The van der Waals surface area contributed by atoms with Gasteiger partial charge in [-0.05, 0) is 106 Å². The molecule has 3 heteroatoms. The molecule has 0 spiro atoms. The maximum absolute atomic E-state index is 12.7. The predicted molar refractivity (Wildman–Crippen MR) is 130 cm³/mol. The van der Waals surface area contributed by atoms with Gasteiger partial charge < -0.3 is 4.74 Å². The molecule has 2 aliphatic carbocycles. The van der Waals surface area contributed by atoms with Gasteiger partial charge in [-0.2, -0.15) is 9.65 Å². The van der Waals surface area contributed by atoms with Crippen LogP contribution in [-0.4, -0.2) is 12.7 Å². The van der Waals surface area contributed by atoms with Crippen LogP contribution in [0.3, 0.4) is 0 Å². The van der Waals surface area contributed by atoms with Crippen LogP contribution in [0.25, 0.3) is 0 Å². The molecule has 0 aromatic heterocycles. The van der Waals surface area contributed by atoms with E-state index in [-0.39, 0.29) is 0 Å². The number of benzene rings is 1. The molecule has 0 atom stereocenters. The van der Waals surface area contributed by atoms with Gasteiger partial charge in [-0.3, -0.25) is 0 Å². The van der Waals surface area contributed by atoms with E-state index >= 15 is 0 Å². The standard InChI is InChI=1S/C29H40FNO/c1-2-6-23-9-15-26(16-10-23)27-17-11-25(12-18-27)22-32-29-19-13-24(14-20-29)7-4-3-5-8-28(30)21-31/h3,5,8-10,15-16,24-25,27,29H,2,4,6-7,11-14,17-20,22H2,1H3. The summed E-state index contributed by atoms with van der Waals surface area (Å²) in [7, 11) is 0. The second-order valence-electron chi connectivity index (χ2n) is 9.82. The Labute approximate surface area is 194 Å². The molecular formula is C29H40FNO. The molecule has 3 rings (SSSR count). The van der Waals surface area contributed by atoms with E-state index in [1.165, 1.54) is 87.5 Å². The Kier molecular flexibility index (Phi) is 10.5. The van der Waals surface area contributed by atoms with E-state index in [1.54, 1.807) is 6.08 Å². The molecule has 32 heavy (non-hydrogen) atoms. The van der Waals surface area contributed by atoms with Gasteiger partial charge in [0.25, 0.3) is 0 Å². The fourth-order valence-electron chi connectivity index (χ4n) is 5.38. The number of ether oxygens (including phenoxy) is 1. The van der Waals surface area contributed by atoms with Crippen molar-refractivity contribution in [1.29, 1.82) is 5.26 Å². The van der Waals surface area contributed by atoms with Crippen LogP contribution >= 0.6 is 0 Å². The largest absolute Gasteiger partial charge is 0.378 e. The van der Waals surface area contributed by atoms with Crippen molar-refractivity contribution in [3.8, 4) is 6.07 Å². The first-order valence-corrected chi connectivity index (χ1v) is 12.8. The molecule has 0 bridgehead atoms. The lowest BCUT2D eigenvalue weighted by Crippen LogP contribution is -2.25. The Hall–Kier alpha value is -1.92. The van der Waals surface area contributed by atoms with Crippen molar-refractivity contribution in [3.63, 3.8) is 0 Å². The van der Waals surface area contributed by atoms with Crippen molar-refractivity contribution in [2.24, 2.45) is 11.8 Å². The Morgan fingerprint density at radius 3 is 2.38 bits per heavy atom. The first-order chi connectivity index (χ1) is 15.7. The quantitative estimate of drug-likeness (QED) is 0.273. The summed E-state index contributed by atoms with van der Waals surface area (Å²) in [5, 5.41) is 8.39. The highest BCUT2D eigenvalue weighted by Crippen LogP contribution is 2.37. The Bertz CT molecular complexity index is 759. The van der Waals surface area contributed by atoms with E-state index in [9.17, 15) is 4.39 Å². The van der Waals surface area contributed by atoms with Gasteiger partial charge in [0.2, 0.25) is 0 Å². The molecule has 0 amide bonds. The second-order valence-corrected chi connectivity index (χ2v) is 9.82. The average Bonchev–Trinajstić information content (AvgIpc) is 2.84. The number of nitriles is 1. The van der Waals surface area contributed by atoms with Crippen LogP contribution in [0, 0.1) is 23.2 Å². The van der Waals surface area contributed by atoms with Crippen LogP contribution in [0.2, 0.25) is 0 Å². The summed E-state index contributed by atoms with van der Waals surface area (Å²) in [4.78, 5) is 0. The van der Waals surface area contributed by atoms with Crippen molar-refractivity contribution in [3.05, 3.63) is 59.4 Å². The van der Waals surface area contributed by atoms with E-state index in [4.69, 9.17) is 10.00 Å². The lowest BCUT2D eigenvalue weighted by molar-refractivity contribution is -0.00824. The van der Waals surface area contributed by atoms with Crippen LogP contribution in [0.5, 0.6) is 0 Å². The molecule has 2 fully saturated rings. The molecule has 0 aliphatic heterocycles. The number of halogens is 1. The topological polar surface area (TPSA) is 33.0 Å². The van der Waals surface area contributed by atoms with Crippen molar-refractivity contribution in [1.82, 2.24) is 0 Å². The number of nitrogens with zero attached hydrogens (tertiary/aromatic N) is 1. The van der Waals surface area contributed by atoms with Crippen molar-refractivity contribution in [2.45, 2.75) is 96.0 Å². The number of aryl methyl sites for hydroxylation is 1. The molecule has 1 aromatic carbocycles. The molecule has 0 radical (unpaired) electrons. The Morgan fingerprint density at radius 2 is 1.72 bits per heavy atom. The zero-order chi connectivity index (χ0) is 22.6. The molecule has 2 saturated carbocycles. The zero-order valence-corrected chi connectivity index (χ0v) is 19.8. The molecule has 2 nitrogen and oxygen atoms in total.